The van der Waals surface area contributed by atoms with Gasteiger partial charge in [-0.25, -0.2) is 0 Å². The Balaban J connectivity index is 2.43. The highest BCUT2D eigenvalue weighted by atomic mass is 15.2. The zero-order valence-corrected chi connectivity index (χ0v) is 9.29. The van der Waals surface area contributed by atoms with E-state index < -0.39 is 0 Å². The van der Waals surface area contributed by atoms with E-state index in [0.29, 0.717) is 6.04 Å². The zero-order chi connectivity index (χ0) is 9.84. The first-order chi connectivity index (χ1) is 6.15. The van der Waals surface area contributed by atoms with Crippen molar-refractivity contribution in [3.8, 4) is 0 Å². The molecule has 0 aromatic rings. The highest BCUT2D eigenvalue weighted by Gasteiger charge is 2.25. The number of nitrogens with zero attached hydrogens (tertiary/aromatic N) is 1. The monoisotopic (exact) mass is 184 g/mol. The molecule has 2 N–H and O–H groups in total. The Labute approximate surface area is 82.5 Å². The third-order valence-electron chi connectivity index (χ3n) is 3.35. The van der Waals surface area contributed by atoms with E-state index in [-0.39, 0.29) is 0 Å². The smallest absolute Gasteiger partial charge is 0.0165 e. The molecule has 1 fully saturated rings. The van der Waals surface area contributed by atoms with Gasteiger partial charge in [-0.1, -0.05) is 13.3 Å². The van der Waals surface area contributed by atoms with Crippen molar-refractivity contribution in [2.24, 2.45) is 5.73 Å². The van der Waals surface area contributed by atoms with E-state index in [1.54, 1.807) is 0 Å². The van der Waals surface area contributed by atoms with Crippen molar-refractivity contribution in [3.63, 3.8) is 0 Å². The van der Waals surface area contributed by atoms with Crippen molar-refractivity contribution in [2.75, 3.05) is 6.54 Å². The van der Waals surface area contributed by atoms with Crippen LogP contribution in [0.3, 0.4) is 0 Å². The molecule has 0 spiro atoms. The fraction of sp³-hybridized carbons (Fsp3) is 1.00. The predicted octanol–water partition coefficient (Wildman–Crippen LogP) is 1.99. The quantitative estimate of drug-likeness (QED) is 0.727. The number of likely N-dealkylation sites (tertiary alicyclic amines) is 1. The molecular formula is C11H24N2. The largest absolute Gasteiger partial charge is 0.327 e. The van der Waals surface area contributed by atoms with Crippen LogP contribution in [0.1, 0.15) is 46.5 Å². The van der Waals surface area contributed by atoms with Gasteiger partial charge >= 0.3 is 0 Å². The van der Waals surface area contributed by atoms with Gasteiger partial charge in [0.25, 0.3) is 0 Å². The van der Waals surface area contributed by atoms with Crippen LogP contribution in [0.25, 0.3) is 0 Å². The van der Waals surface area contributed by atoms with Crippen LogP contribution in [0, 0.1) is 0 Å². The summed E-state index contributed by atoms with van der Waals surface area (Å²) in [6.07, 6.45) is 5.18. The number of hydrogen-bond donors (Lipinski definition) is 1. The topological polar surface area (TPSA) is 29.3 Å². The molecule has 0 amide bonds. The fourth-order valence-corrected chi connectivity index (χ4v) is 2.23. The summed E-state index contributed by atoms with van der Waals surface area (Å²) in [5.41, 5.74) is 5.99. The first-order valence-electron chi connectivity index (χ1n) is 5.66. The molecule has 0 saturated carbocycles. The maximum Gasteiger partial charge on any atom is 0.0165 e. The van der Waals surface area contributed by atoms with Gasteiger partial charge in [0.15, 0.2) is 0 Å². The van der Waals surface area contributed by atoms with Crippen LogP contribution in [-0.4, -0.2) is 29.6 Å². The molecule has 1 unspecified atom stereocenters. The maximum absolute atomic E-state index is 5.99. The van der Waals surface area contributed by atoms with Gasteiger partial charge in [-0.2, -0.15) is 0 Å². The third kappa shape index (κ3) is 2.96. The van der Waals surface area contributed by atoms with E-state index >= 15 is 0 Å². The van der Waals surface area contributed by atoms with Gasteiger partial charge in [0.05, 0.1) is 0 Å². The third-order valence-corrected chi connectivity index (χ3v) is 3.35. The molecular weight excluding hydrogens is 160 g/mol. The van der Waals surface area contributed by atoms with Crippen molar-refractivity contribution in [3.05, 3.63) is 0 Å². The Morgan fingerprint density at radius 2 is 1.85 bits per heavy atom. The fourth-order valence-electron chi connectivity index (χ4n) is 2.23. The lowest BCUT2D eigenvalue weighted by Gasteiger charge is -2.40. The summed E-state index contributed by atoms with van der Waals surface area (Å²) in [6, 6.07) is 1.84. The summed E-state index contributed by atoms with van der Waals surface area (Å²) < 4.78 is 0. The van der Waals surface area contributed by atoms with Crippen LogP contribution >= 0.6 is 0 Å². The van der Waals surface area contributed by atoms with Crippen LogP contribution in [0.4, 0.5) is 0 Å². The molecule has 2 heteroatoms. The molecule has 1 aliphatic rings. The summed E-state index contributed by atoms with van der Waals surface area (Å²) in [5, 5.41) is 0. The molecule has 0 aromatic carbocycles. The highest BCUT2D eigenvalue weighted by Crippen LogP contribution is 2.22. The molecule has 78 valence electrons. The minimum atomic E-state index is 0.364. The van der Waals surface area contributed by atoms with Crippen molar-refractivity contribution >= 4 is 0 Å². The average Bonchev–Trinajstić information content (AvgIpc) is 2.11. The predicted molar refractivity (Wildman–Crippen MR) is 57.7 cm³/mol. The van der Waals surface area contributed by atoms with Crippen molar-refractivity contribution in [1.29, 1.82) is 0 Å². The van der Waals surface area contributed by atoms with Crippen LogP contribution in [-0.2, 0) is 0 Å². The van der Waals surface area contributed by atoms with Crippen LogP contribution in [0.5, 0.6) is 0 Å². The van der Waals surface area contributed by atoms with Crippen LogP contribution in [0.2, 0.25) is 0 Å². The lowest BCUT2D eigenvalue weighted by Crippen LogP contribution is -2.49. The molecule has 1 saturated heterocycles. The Morgan fingerprint density at radius 1 is 1.31 bits per heavy atom. The summed E-state index contributed by atoms with van der Waals surface area (Å²) in [7, 11) is 0. The van der Waals surface area contributed by atoms with Crippen LogP contribution < -0.4 is 5.73 Å². The van der Waals surface area contributed by atoms with Crippen molar-refractivity contribution < 1.29 is 0 Å². The maximum atomic E-state index is 5.99. The molecule has 1 aliphatic heterocycles. The molecule has 0 aliphatic carbocycles. The molecule has 0 radical (unpaired) electrons. The number of hydrogen-bond acceptors (Lipinski definition) is 2. The van der Waals surface area contributed by atoms with E-state index in [4.69, 9.17) is 5.73 Å². The van der Waals surface area contributed by atoms with Gasteiger partial charge in [0.1, 0.15) is 0 Å². The van der Waals surface area contributed by atoms with Gasteiger partial charge in [0.2, 0.25) is 0 Å². The summed E-state index contributed by atoms with van der Waals surface area (Å²) in [6.45, 7) is 7.92. The SMILES string of the molecule is CCC(N)CN1[C@H](C)CCC[C@@H]1C. The molecule has 0 bridgehead atoms. The van der Waals surface area contributed by atoms with Gasteiger partial charge < -0.3 is 5.73 Å². The molecule has 0 aromatic heterocycles. The van der Waals surface area contributed by atoms with E-state index in [1.807, 2.05) is 0 Å². The lowest BCUT2D eigenvalue weighted by molar-refractivity contribution is 0.0956. The zero-order valence-electron chi connectivity index (χ0n) is 9.29. The first-order valence-corrected chi connectivity index (χ1v) is 5.66. The van der Waals surface area contributed by atoms with Gasteiger partial charge in [-0.3, -0.25) is 4.90 Å². The minimum absolute atomic E-state index is 0.364. The average molecular weight is 184 g/mol. The Bertz CT molecular complexity index is 137. The molecule has 1 rings (SSSR count). The standard InChI is InChI=1S/C11H24N2/c1-4-11(12)8-13-9(2)6-5-7-10(13)3/h9-11H,4-8,12H2,1-3H3/t9-,10+,11?. The molecule has 2 nitrogen and oxygen atoms in total. The van der Waals surface area contributed by atoms with E-state index in [9.17, 15) is 0 Å². The number of nitrogens with two attached hydrogens (primary N) is 1. The second-order valence-electron chi connectivity index (χ2n) is 4.49. The second kappa shape index (κ2) is 4.97. The molecule has 1 heterocycles. The lowest BCUT2D eigenvalue weighted by atomic mass is 9.96. The van der Waals surface area contributed by atoms with Gasteiger partial charge in [-0.05, 0) is 33.1 Å². The van der Waals surface area contributed by atoms with E-state index in [2.05, 4.69) is 25.7 Å². The van der Waals surface area contributed by atoms with E-state index in [0.717, 1.165) is 25.0 Å². The van der Waals surface area contributed by atoms with Crippen molar-refractivity contribution in [1.82, 2.24) is 4.90 Å². The normalized spacial score (nSPS) is 33.2. The summed E-state index contributed by atoms with van der Waals surface area (Å²) in [5.74, 6) is 0. The second-order valence-corrected chi connectivity index (χ2v) is 4.49. The first kappa shape index (κ1) is 11.0. The Hall–Kier alpha value is -0.0800. The summed E-state index contributed by atoms with van der Waals surface area (Å²) in [4.78, 5) is 2.58. The van der Waals surface area contributed by atoms with Gasteiger partial charge in [0, 0.05) is 24.7 Å². The Kier molecular flexibility index (Phi) is 4.20. The molecule has 13 heavy (non-hydrogen) atoms. The highest BCUT2D eigenvalue weighted by molar-refractivity contribution is 4.81. The van der Waals surface area contributed by atoms with Crippen molar-refractivity contribution in [2.45, 2.75) is 64.6 Å². The van der Waals surface area contributed by atoms with Gasteiger partial charge in [-0.15, -0.1) is 0 Å². The molecule has 3 atom stereocenters. The number of rotatable bonds is 3. The number of piperidine rings is 1. The Morgan fingerprint density at radius 3 is 2.31 bits per heavy atom. The minimum Gasteiger partial charge on any atom is -0.327 e. The van der Waals surface area contributed by atoms with E-state index in [1.165, 1.54) is 19.3 Å². The van der Waals surface area contributed by atoms with Crippen LogP contribution in [0.15, 0.2) is 0 Å². The summed E-state index contributed by atoms with van der Waals surface area (Å²) >= 11 is 0.